The lowest BCUT2D eigenvalue weighted by Crippen LogP contribution is -2.41. The minimum Gasteiger partial charge on any atom is -0.462 e. The van der Waals surface area contributed by atoms with Crippen LogP contribution in [0.25, 0.3) is 17.2 Å². The fourth-order valence-electron chi connectivity index (χ4n) is 5.72. The smallest absolute Gasteiger partial charge is 0.306 e. The van der Waals surface area contributed by atoms with Crippen molar-refractivity contribution in [3.63, 3.8) is 0 Å². The van der Waals surface area contributed by atoms with Crippen LogP contribution in [-0.2, 0) is 9.53 Å². The number of ether oxygens (including phenoxy) is 1. The van der Waals surface area contributed by atoms with Crippen molar-refractivity contribution < 1.29 is 13.9 Å². The van der Waals surface area contributed by atoms with Gasteiger partial charge in [-0.1, -0.05) is 43.5 Å². The van der Waals surface area contributed by atoms with Gasteiger partial charge in [0.1, 0.15) is 11.9 Å². The van der Waals surface area contributed by atoms with E-state index in [4.69, 9.17) is 4.74 Å². The number of halogens is 1. The molecule has 4 heteroatoms. The first-order valence-corrected chi connectivity index (χ1v) is 10.8. The molecule has 2 heterocycles. The molecule has 3 fully saturated rings. The maximum atomic E-state index is 13.5. The fourth-order valence-corrected chi connectivity index (χ4v) is 5.72. The molecule has 2 aliphatic carbocycles. The van der Waals surface area contributed by atoms with Crippen LogP contribution in [0.1, 0.15) is 44.2 Å². The molecule has 1 saturated heterocycles. The number of hydrogen-bond acceptors (Lipinski definition) is 3. The number of fused-ring (bicyclic) bond motifs is 2. The summed E-state index contributed by atoms with van der Waals surface area (Å²) in [5.74, 6) is 1.75. The third-order valence-electron chi connectivity index (χ3n) is 7.09. The average molecular weight is 391 g/mol. The molecule has 0 spiro atoms. The van der Waals surface area contributed by atoms with Gasteiger partial charge in [0, 0.05) is 17.7 Å². The van der Waals surface area contributed by atoms with Gasteiger partial charge in [0.05, 0.1) is 12.1 Å². The van der Waals surface area contributed by atoms with Crippen LogP contribution in [0.5, 0.6) is 0 Å². The summed E-state index contributed by atoms with van der Waals surface area (Å²) in [4.78, 5) is 16.5. The van der Waals surface area contributed by atoms with Crippen LogP contribution < -0.4 is 0 Å². The van der Waals surface area contributed by atoms with Gasteiger partial charge >= 0.3 is 5.97 Å². The number of esters is 1. The molecule has 150 valence electrons. The van der Waals surface area contributed by atoms with E-state index >= 15 is 0 Å². The molecule has 0 N–H and O–H groups in total. The van der Waals surface area contributed by atoms with Gasteiger partial charge in [-0.25, -0.2) is 4.39 Å². The lowest BCUT2D eigenvalue weighted by Gasteiger charge is -2.45. The van der Waals surface area contributed by atoms with Crippen molar-refractivity contribution in [2.24, 2.45) is 23.7 Å². The second-order valence-corrected chi connectivity index (χ2v) is 8.76. The van der Waals surface area contributed by atoms with Crippen LogP contribution in [0, 0.1) is 29.5 Å². The van der Waals surface area contributed by atoms with E-state index < -0.39 is 0 Å². The summed E-state index contributed by atoms with van der Waals surface area (Å²) in [6.45, 7) is 0. The standard InChI is InChI=1S/C25H26FNO2/c26-19-6-3-5-16(12-19)18-8-9-20(27-15-18)10-11-22-21-7-2-1-4-17(21)13-24-23(22)14-25(28)29-24/h3,5-6,8-12,15,17,21-24H,1-2,4,7,13-14H2/b11-10+. The molecule has 5 unspecified atom stereocenters. The van der Waals surface area contributed by atoms with Crippen molar-refractivity contribution in [2.45, 2.75) is 44.6 Å². The Hall–Kier alpha value is -2.49. The molecule has 1 aromatic heterocycles. The van der Waals surface area contributed by atoms with Gasteiger partial charge in [0.2, 0.25) is 0 Å². The quantitative estimate of drug-likeness (QED) is 0.634. The second-order valence-electron chi connectivity index (χ2n) is 8.76. The van der Waals surface area contributed by atoms with Crippen molar-refractivity contribution in [3.8, 4) is 11.1 Å². The highest BCUT2D eigenvalue weighted by atomic mass is 19.1. The van der Waals surface area contributed by atoms with Crippen LogP contribution in [-0.4, -0.2) is 17.1 Å². The molecule has 0 bridgehead atoms. The molecule has 5 atom stereocenters. The van der Waals surface area contributed by atoms with Crippen molar-refractivity contribution in [1.82, 2.24) is 4.98 Å². The summed E-state index contributed by atoms with van der Waals surface area (Å²) in [7, 11) is 0. The van der Waals surface area contributed by atoms with E-state index in [9.17, 15) is 9.18 Å². The number of benzene rings is 1. The normalized spacial score (nSPS) is 31.3. The Morgan fingerprint density at radius 3 is 2.79 bits per heavy atom. The van der Waals surface area contributed by atoms with Gasteiger partial charge in [-0.15, -0.1) is 0 Å². The van der Waals surface area contributed by atoms with Gasteiger partial charge in [-0.2, -0.15) is 0 Å². The molecule has 3 nitrogen and oxygen atoms in total. The average Bonchev–Trinajstić information content (AvgIpc) is 3.11. The first-order valence-electron chi connectivity index (χ1n) is 10.8. The van der Waals surface area contributed by atoms with Crippen LogP contribution in [0.15, 0.2) is 48.7 Å². The van der Waals surface area contributed by atoms with E-state index in [0.29, 0.717) is 30.1 Å². The summed E-state index contributed by atoms with van der Waals surface area (Å²) in [5, 5.41) is 0. The highest BCUT2D eigenvalue weighted by Gasteiger charge is 2.49. The van der Waals surface area contributed by atoms with Crippen molar-refractivity contribution in [2.75, 3.05) is 0 Å². The predicted octanol–water partition coefficient (Wildman–Crippen LogP) is 5.66. The van der Waals surface area contributed by atoms with Crippen LogP contribution in [0.2, 0.25) is 0 Å². The zero-order valence-electron chi connectivity index (χ0n) is 16.5. The summed E-state index contributed by atoms with van der Waals surface area (Å²) in [6.07, 6.45) is 13.0. The number of hydrogen-bond donors (Lipinski definition) is 0. The number of nitrogens with zero attached hydrogens (tertiary/aromatic N) is 1. The van der Waals surface area contributed by atoms with Gasteiger partial charge in [0.15, 0.2) is 0 Å². The van der Waals surface area contributed by atoms with E-state index in [-0.39, 0.29) is 17.9 Å². The van der Waals surface area contributed by atoms with Crippen LogP contribution in [0.3, 0.4) is 0 Å². The van der Waals surface area contributed by atoms with E-state index in [2.05, 4.69) is 17.1 Å². The largest absolute Gasteiger partial charge is 0.462 e. The SMILES string of the molecule is O=C1CC2C(CC3CCCCC3C2/C=C/c2ccc(-c3cccc(F)c3)cn2)O1. The Balaban J connectivity index is 1.37. The van der Waals surface area contributed by atoms with Gasteiger partial charge < -0.3 is 4.74 Å². The number of carbonyl (C=O) groups excluding carboxylic acids is 1. The first-order chi connectivity index (χ1) is 14.2. The maximum absolute atomic E-state index is 13.5. The van der Waals surface area contributed by atoms with Gasteiger partial charge in [-0.3, -0.25) is 9.78 Å². The Bertz CT molecular complexity index is 923. The lowest BCUT2D eigenvalue weighted by molar-refractivity contribution is -0.143. The molecule has 2 aromatic rings. The highest BCUT2D eigenvalue weighted by Crippen LogP contribution is 2.51. The Morgan fingerprint density at radius 1 is 1.07 bits per heavy atom. The molecule has 0 radical (unpaired) electrons. The van der Waals surface area contributed by atoms with Gasteiger partial charge in [0.25, 0.3) is 0 Å². The van der Waals surface area contributed by atoms with Gasteiger partial charge in [-0.05, 0) is 60.4 Å². The first kappa shape index (κ1) is 18.5. The Kier molecular flexibility index (Phi) is 4.94. The molecular weight excluding hydrogens is 365 g/mol. The molecule has 1 aromatic carbocycles. The predicted molar refractivity (Wildman–Crippen MR) is 110 cm³/mol. The molecule has 1 aliphatic heterocycles. The number of carbonyl (C=O) groups is 1. The molecule has 0 amide bonds. The number of allylic oxidation sites excluding steroid dienone is 1. The van der Waals surface area contributed by atoms with Crippen molar-refractivity contribution in [3.05, 3.63) is 60.2 Å². The summed E-state index contributed by atoms with van der Waals surface area (Å²) >= 11 is 0. The second kappa shape index (κ2) is 7.74. The monoisotopic (exact) mass is 391 g/mol. The van der Waals surface area contributed by atoms with Crippen molar-refractivity contribution >= 4 is 12.0 Å². The highest BCUT2D eigenvalue weighted by molar-refractivity contribution is 5.72. The van der Waals surface area contributed by atoms with Crippen LogP contribution >= 0.6 is 0 Å². The molecule has 5 rings (SSSR count). The van der Waals surface area contributed by atoms with E-state index in [1.165, 1.54) is 37.8 Å². The summed E-state index contributed by atoms with van der Waals surface area (Å²) in [5.41, 5.74) is 2.63. The Morgan fingerprint density at radius 2 is 1.97 bits per heavy atom. The van der Waals surface area contributed by atoms with Crippen LogP contribution in [0.4, 0.5) is 4.39 Å². The Labute approximate surface area is 171 Å². The summed E-state index contributed by atoms with van der Waals surface area (Å²) < 4.78 is 19.1. The van der Waals surface area contributed by atoms with E-state index in [1.807, 2.05) is 18.2 Å². The van der Waals surface area contributed by atoms with E-state index in [1.54, 1.807) is 12.3 Å². The molecule has 2 saturated carbocycles. The number of pyridine rings is 1. The number of rotatable bonds is 3. The minimum atomic E-state index is -0.242. The minimum absolute atomic E-state index is 0.0328. The lowest BCUT2D eigenvalue weighted by atomic mass is 9.60. The van der Waals surface area contributed by atoms with E-state index in [0.717, 1.165) is 23.2 Å². The molecule has 29 heavy (non-hydrogen) atoms. The molecule has 3 aliphatic rings. The third-order valence-corrected chi connectivity index (χ3v) is 7.09. The maximum Gasteiger partial charge on any atom is 0.306 e. The number of aromatic nitrogens is 1. The zero-order valence-corrected chi connectivity index (χ0v) is 16.5. The van der Waals surface area contributed by atoms with Crippen molar-refractivity contribution in [1.29, 1.82) is 0 Å². The third kappa shape index (κ3) is 3.73. The topological polar surface area (TPSA) is 39.2 Å². The summed E-state index contributed by atoms with van der Waals surface area (Å²) in [6, 6.07) is 10.5. The zero-order chi connectivity index (χ0) is 19.8. The molecular formula is C25H26FNO2. The fraction of sp³-hybridized carbons (Fsp3) is 0.440.